The maximum Gasteiger partial charge on any atom is 0.404 e. The number of hydrogen-bond acceptors (Lipinski definition) is 6. The van der Waals surface area contributed by atoms with Crippen molar-refractivity contribution in [2.45, 2.75) is 19.4 Å². The molecule has 1 amide bonds. The highest BCUT2D eigenvalue weighted by Crippen LogP contribution is 2.19. The number of rotatable bonds is 7. The van der Waals surface area contributed by atoms with Crippen molar-refractivity contribution in [1.29, 1.82) is 0 Å². The number of carbonyl (C=O) groups excluding carboxylic acids is 1. The molecule has 0 saturated heterocycles. The highest BCUT2D eigenvalue weighted by molar-refractivity contribution is 5.64. The summed E-state index contributed by atoms with van der Waals surface area (Å²) < 4.78 is 4.88. The second-order valence-electron chi connectivity index (χ2n) is 5.22. The van der Waals surface area contributed by atoms with Gasteiger partial charge in [0.2, 0.25) is 0 Å². The molecule has 0 bridgehead atoms. The Hall–Kier alpha value is -3.16. The molecule has 0 fully saturated rings. The summed E-state index contributed by atoms with van der Waals surface area (Å²) in [5, 5.41) is 14.0. The van der Waals surface area contributed by atoms with Crippen molar-refractivity contribution in [2.24, 2.45) is 5.73 Å². The van der Waals surface area contributed by atoms with E-state index in [-0.39, 0.29) is 18.3 Å². The third-order valence-corrected chi connectivity index (χ3v) is 3.36. The second kappa shape index (κ2) is 7.91. The molecule has 2 aromatic rings. The molecule has 0 saturated carbocycles. The standard InChI is InChI=1S/C16H18N4O4/c1-11-14(20(22)23)7-8-15(18-11)19-13(10-24-16(17)21)9-12-5-3-2-4-6-12/h2-8,13H,9-10H2,1H3,(H2,17,21)(H,18,19)/t13-/m1/s1. The van der Waals surface area contributed by atoms with Crippen LogP contribution in [0.4, 0.5) is 16.3 Å². The van der Waals surface area contributed by atoms with Gasteiger partial charge in [-0.1, -0.05) is 30.3 Å². The van der Waals surface area contributed by atoms with E-state index in [4.69, 9.17) is 10.5 Å². The lowest BCUT2D eigenvalue weighted by Crippen LogP contribution is -2.31. The predicted octanol–water partition coefficient (Wildman–Crippen LogP) is 2.42. The van der Waals surface area contributed by atoms with E-state index in [1.807, 2.05) is 30.3 Å². The largest absolute Gasteiger partial charge is 0.448 e. The zero-order chi connectivity index (χ0) is 17.5. The molecule has 0 spiro atoms. The number of carbonyl (C=O) groups is 1. The number of nitrogens with one attached hydrogen (secondary N) is 1. The number of hydrogen-bond donors (Lipinski definition) is 2. The lowest BCUT2D eigenvalue weighted by Gasteiger charge is -2.19. The molecule has 1 aromatic heterocycles. The van der Waals surface area contributed by atoms with E-state index < -0.39 is 11.0 Å². The Morgan fingerprint density at radius 2 is 2.04 bits per heavy atom. The van der Waals surface area contributed by atoms with Crippen LogP contribution < -0.4 is 11.1 Å². The molecule has 24 heavy (non-hydrogen) atoms. The number of anilines is 1. The summed E-state index contributed by atoms with van der Waals surface area (Å²) in [5.41, 5.74) is 6.33. The molecular formula is C16H18N4O4. The van der Waals surface area contributed by atoms with Gasteiger partial charge < -0.3 is 15.8 Å². The van der Waals surface area contributed by atoms with E-state index in [1.54, 1.807) is 6.92 Å². The van der Waals surface area contributed by atoms with Gasteiger partial charge >= 0.3 is 6.09 Å². The van der Waals surface area contributed by atoms with Crippen LogP contribution in [0.15, 0.2) is 42.5 Å². The van der Waals surface area contributed by atoms with Crippen molar-refractivity contribution in [3.8, 4) is 0 Å². The van der Waals surface area contributed by atoms with Crippen LogP contribution >= 0.6 is 0 Å². The van der Waals surface area contributed by atoms with Crippen molar-refractivity contribution in [1.82, 2.24) is 4.98 Å². The average molecular weight is 330 g/mol. The fraction of sp³-hybridized carbons (Fsp3) is 0.250. The number of nitro groups is 1. The molecule has 0 aliphatic rings. The lowest BCUT2D eigenvalue weighted by atomic mass is 10.1. The maximum atomic E-state index is 10.9. The van der Waals surface area contributed by atoms with Crippen LogP contribution in [0.3, 0.4) is 0 Å². The number of aryl methyl sites for hydroxylation is 1. The summed E-state index contributed by atoms with van der Waals surface area (Å²) in [6.45, 7) is 1.62. The van der Waals surface area contributed by atoms with Gasteiger partial charge in [-0.25, -0.2) is 9.78 Å². The number of aromatic nitrogens is 1. The third kappa shape index (κ3) is 4.94. The lowest BCUT2D eigenvalue weighted by molar-refractivity contribution is -0.385. The highest BCUT2D eigenvalue weighted by atomic mass is 16.6. The smallest absolute Gasteiger partial charge is 0.404 e. The summed E-state index contributed by atoms with van der Waals surface area (Å²) in [7, 11) is 0. The minimum absolute atomic E-state index is 0.0476. The number of amides is 1. The number of ether oxygens (including phenoxy) is 1. The summed E-state index contributed by atoms with van der Waals surface area (Å²) in [6.07, 6.45) is -0.283. The van der Waals surface area contributed by atoms with Gasteiger partial charge in [0, 0.05) is 6.07 Å². The van der Waals surface area contributed by atoms with Gasteiger partial charge in [0.1, 0.15) is 18.1 Å². The SMILES string of the molecule is Cc1nc(N[C@@H](COC(N)=O)Cc2ccccc2)ccc1[N+](=O)[O-]. The normalized spacial score (nSPS) is 11.5. The Kier molecular flexibility index (Phi) is 5.67. The summed E-state index contributed by atoms with van der Waals surface area (Å²) in [6, 6.07) is 12.3. The van der Waals surface area contributed by atoms with Crippen LogP contribution in [0.1, 0.15) is 11.3 Å². The first kappa shape index (κ1) is 17.2. The Labute approximate surface area is 138 Å². The molecular weight excluding hydrogens is 312 g/mol. The summed E-state index contributed by atoms with van der Waals surface area (Å²) in [5.74, 6) is 0.465. The van der Waals surface area contributed by atoms with Crippen LogP contribution in [0.2, 0.25) is 0 Å². The van der Waals surface area contributed by atoms with E-state index in [1.165, 1.54) is 12.1 Å². The number of primary amides is 1. The van der Waals surface area contributed by atoms with Crippen molar-refractivity contribution >= 4 is 17.6 Å². The fourth-order valence-electron chi connectivity index (χ4n) is 2.27. The molecule has 2 rings (SSSR count). The van der Waals surface area contributed by atoms with Gasteiger partial charge in [-0.2, -0.15) is 0 Å². The van der Waals surface area contributed by atoms with Gasteiger partial charge in [0.05, 0.1) is 11.0 Å². The van der Waals surface area contributed by atoms with Gasteiger partial charge in [0.15, 0.2) is 0 Å². The molecule has 0 aliphatic heterocycles. The quantitative estimate of drug-likeness (QED) is 0.594. The first-order chi connectivity index (χ1) is 11.5. The number of nitrogens with zero attached hydrogens (tertiary/aromatic N) is 2. The second-order valence-corrected chi connectivity index (χ2v) is 5.22. The summed E-state index contributed by atoms with van der Waals surface area (Å²) >= 11 is 0. The molecule has 8 heteroatoms. The van der Waals surface area contributed by atoms with E-state index in [0.717, 1.165) is 5.56 Å². The highest BCUT2D eigenvalue weighted by Gasteiger charge is 2.16. The number of pyridine rings is 1. The Morgan fingerprint density at radius 3 is 2.62 bits per heavy atom. The molecule has 0 unspecified atom stereocenters. The van der Waals surface area contributed by atoms with Crippen molar-refractivity contribution in [2.75, 3.05) is 11.9 Å². The number of benzene rings is 1. The zero-order valence-electron chi connectivity index (χ0n) is 13.1. The minimum atomic E-state index is -0.859. The van der Waals surface area contributed by atoms with Crippen LogP contribution in [-0.2, 0) is 11.2 Å². The first-order valence-corrected chi connectivity index (χ1v) is 7.30. The van der Waals surface area contributed by atoms with Gasteiger partial charge in [0.25, 0.3) is 5.69 Å². The van der Waals surface area contributed by atoms with Gasteiger partial charge in [-0.3, -0.25) is 10.1 Å². The van der Waals surface area contributed by atoms with Crippen molar-refractivity contribution < 1.29 is 14.5 Å². The van der Waals surface area contributed by atoms with E-state index in [9.17, 15) is 14.9 Å². The van der Waals surface area contributed by atoms with Gasteiger partial charge in [-0.05, 0) is 25.0 Å². The predicted molar refractivity (Wildman–Crippen MR) is 88.7 cm³/mol. The monoisotopic (exact) mass is 330 g/mol. The Morgan fingerprint density at radius 1 is 1.33 bits per heavy atom. The molecule has 126 valence electrons. The molecule has 1 atom stereocenters. The molecule has 0 aliphatic carbocycles. The third-order valence-electron chi connectivity index (χ3n) is 3.36. The molecule has 3 N–H and O–H groups in total. The van der Waals surface area contributed by atoms with Crippen LogP contribution in [-0.4, -0.2) is 28.6 Å². The fourth-order valence-corrected chi connectivity index (χ4v) is 2.27. The number of nitrogens with two attached hydrogens (primary N) is 1. The molecule has 8 nitrogen and oxygen atoms in total. The van der Waals surface area contributed by atoms with Crippen LogP contribution in [0.25, 0.3) is 0 Å². The van der Waals surface area contributed by atoms with Crippen LogP contribution in [0.5, 0.6) is 0 Å². The average Bonchev–Trinajstić information content (AvgIpc) is 2.53. The molecule has 1 heterocycles. The van der Waals surface area contributed by atoms with E-state index in [2.05, 4.69) is 10.3 Å². The van der Waals surface area contributed by atoms with Gasteiger partial charge in [-0.15, -0.1) is 0 Å². The van der Waals surface area contributed by atoms with Crippen molar-refractivity contribution in [3.63, 3.8) is 0 Å². The zero-order valence-corrected chi connectivity index (χ0v) is 13.1. The maximum absolute atomic E-state index is 10.9. The Bertz CT molecular complexity index is 721. The van der Waals surface area contributed by atoms with Crippen molar-refractivity contribution in [3.05, 3.63) is 63.8 Å². The summed E-state index contributed by atoms with van der Waals surface area (Å²) in [4.78, 5) is 25.4. The molecule has 0 radical (unpaired) electrons. The van der Waals surface area contributed by atoms with Crippen LogP contribution in [0, 0.1) is 17.0 Å². The topological polar surface area (TPSA) is 120 Å². The molecule has 1 aromatic carbocycles. The first-order valence-electron chi connectivity index (χ1n) is 7.30. The minimum Gasteiger partial charge on any atom is -0.448 e. The van der Waals surface area contributed by atoms with E-state index >= 15 is 0 Å². The Balaban J connectivity index is 2.13. The van der Waals surface area contributed by atoms with E-state index in [0.29, 0.717) is 17.9 Å².